The van der Waals surface area contributed by atoms with Crippen LogP contribution in [0, 0.1) is 27.7 Å². The number of methoxy groups -OCH3 is 2. The average Bonchev–Trinajstić information content (AvgIpc) is 2.94. The molecular weight excluding hydrogens is 520 g/mol. The molecule has 0 aliphatic rings. The van der Waals surface area contributed by atoms with E-state index in [-0.39, 0.29) is 24.7 Å². The largest absolute Gasteiger partial charge is 0.493 e. The zero-order valence-corrected chi connectivity index (χ0v) is 24.8. The maximum atomic E-state index is 13.9. The molecule has 0 atom stereocenters. The molecule has 41 heavy (non-hydrogen) atoms. The van der Waals surface area contributed by atoms with Crippen molar-refractivity contribution in [3.8, 4) is 11.5 Å². The van der Waals surface area contributed by atoms with Crippen molar-refractivity contribution < 1.29 is 29.0 Å². The van der Waals surface area contributed by atoms with Gasteiger partial charge in [0.2, 0.25) is 5.91 Å². The lowest BCUT2D eigenvalue weighted by Gasteiger charge is -2.28. The SMILES string of the molecule is COc1ccc(C(=O)N(CCCC(=O)N(CCCC(=O)O)c2c(C)cccc2C)c2c(C)cccc2C)cc1OC. The quantitative estimate of drug-likeness (QED) is 0.265. The minimum Gasteiger partial charge on any atom is -0.493 e. The zero-order valence-electron chi connectivity index (χ0n) is 24.8. The second-order valence-electron chi connectivity index (χ2n) is 10.2. The van der Waals surface area contributed by atoms with E-state index in [4.69, 9.17) is 14.6 Å². The molecule has 0 unspecified atom stereocenters. The molecule has 3 aromatic rings. The third kappa shape index (κ3) is 7.66. The van der Waals surface area contributed by atoms with E-state index >= 15 is 0 Å². The fraction of sp³-hybridized carbons (Fsp3) is 0.364. The molecular formula is C33H40N2O6. The molecule has 0 radical (unpaired) electrons. The Kier molecular flexibility index (Phi) is 10.9. The van der Waals surface area contributed by atoms with Crippen LogP contribution < -0.4 is 19.3 Å². The van der Waals surface area contributed by atoms with Crippen molar-refractivity contribution >= 4 is 29.2 Å². The number of anilines is 2. The van der Waals surface area contributed by atoms with E-state index in [0.29, 0.717) is 43.0 Å². The normalized spacial score (nSPS) is 10.7. The number of hydrogen-bond acceptors (Lipinski definition) is 5. The number of carbonyl (C=O) groups is 3. The van der Waals surface area contributed by atoms with Gasteiger partial charge in [0, 0.05) is 42.9 Å². The Morgan fingerprint density at radius 1 is 0.683 bits per heavy atom. The van der Waals surface area contributed by atoms with Crippen molar-refractivity contribution in [3.05, 3.63) is 82.4 Å². The van der Waals surface area contributed by atoms with Crippen molar-refractivity contribution in [1.82, 2.24) is 0 Å². The highest BCUT2D eigenvalue weighted by molar-refractivity contribution is 6.07. The standard InChI is InChI=1S/C33H40N2O6/c1-22-11-7-12-23(2)31(22)34(19-10-16-30(37)38)29(36)15-9-20-35(32-24(3)13-8-14-25(32)4)33(39)26-17-18-27(40-5)28(21-26)41-6/h7-8,11-14,17-18,21H,9-10,15-16,19-20H2,1-6H3,(H,37,38). The Labute approximate surface area is 242 Å². The number of benzene rings is 3. The molecule has 0 spiro atoms. The number of carbonyl (C=O) groups excluding carboxylic acids is 2. The summed E-state index contributed by atoms with van der Waals surface area (Å²) in [4.78, 5) is 42.1. The van der Waals surface area contributed by atoms with Gasteiger partial charge in [0.1, 0.15) is 0 Å². The first-order valence-corrected chi connectivity index (χ1v) is 13.8. The minimum atomic E-state index is -0.892. The number of amides is 2. The molecule has 0 saturated carbocycles. The van der Waals surface area contributed by atoms with E-state index in [1.807, 2.05) is 64.1 Å². The predicted octanol–water partition coefficient (Wildman–Crippen LogP) is 6.26. The van der Waals surface area contributed by atoms with E-state index < -0.39 is 5.97 Å². The smallest absolute Gasteiger partial charge is 0.303 e. The lowest BCUT2D eigenvalue weighted by Crippen LogP contribution is -2.36. The summed E-state index contributed by atoms with van der Waals surface area (Å²) in [6.07, 6.45) is 0.948. The van der Waals surface area contributed by atoms with Crippen LogP contribution in [0.15, 0.2) is 54.6 Å². The van der Waals surface area contributed by atoms with Crippen molar-refractivity contribution in [1.29, 1.82) is 0 Å². The topological polar surface area (TPSA) is 96.4 Å². The van der Waals surface area contributed by atoms with Crippen LogP contribution in [0.1, 0.15) is 58.3 Å². The fourth-order valence-corrected chi connectivity index (χ4v) is 5.18. The molecule has 0 aromatic heterocycles. The third-order valence-corrected chi connectivity index (χ3v) is 7.14. The van der Waals surface area contributed by atoms with Crippen molar-refractivity contribution in [2.75, 3.05) is 37.1 Å². The minimum absolute atomic E-state index is 0.0190. The molecule has 218 valence electrons. The zero-order chi connectivity index (χ0) is 30.1. The van der Waals surface area contributed by atoms with Gasteiger partial charge in [-0.2, -0.15) is 0 Å². The second-order valence-corrected chi connectivity index (χ2v) is 10.2. The van der Waals surface area contributed by atoms with Gasteiger partial charge in [-0.3, -0.25) is 14.4 Å². The Morgan fingerprint density at radius 3 is 1.68 bits per heavy atom. The van der Waals surface area contributed by atoms with Gasteiger partial charge >= 0.3 is 5.97 Å². The third-order valence-electron chi connectivity index (χ3n) is 7.14. The van der Waals surface area contributed by atoms with Gasteiger partial charge in [-0.25, -0.2) is 0 Å². The Bertz CT molecular complexity index is 1360. The second kappa shape index (κ2) is 14.3. The monoisotopic (exact) mass is 560 g/mol. The van der Waals surface area contributed by atoms with E-state index in [2.05, 4.69) is 0 Å². The van der Waals surface area contributed by atoms with Crippen LogP contribution in [0.25, 0.3) is 0 Å². The highest BCUT2D eigenvalue weighted by Crippen LogP contribution is 2.31. The summed E-state index contributed by atoms with van der Waals surface area (Å²) in [6, 6.07) is 16.8. The first-order chi connectivity index (χ1) is 19.6. The summed E-state index contributed by atoms with van der Waals surface area (Å²) in [6.45, 7) is 8.46. The number of carboxylic acids is 1. The van der Waals surface area contributed by atoms with Crippen LogP contribution in [-0.4, -0.2) is 50.2 Å². The molecule has 3 aromatic carbocycles. The number of ether oxygens (including phenoxy) is 2. The number of nitrogens with zero attached hydrogens (tertiary/aromatic N) is 2. The van der Waals surface area contributed by atoms with Gasteiger partial charge in [0.05, 0.1) is 14.2 Å². The van der Waals surface area contributed by atoms with Gasteiger partial charge in [0.25, 0.3) is 5.91 Å². The molecule has 0 aliphatic carbocycles. The molecule has 8 nitrogen and oxygen atoms in total. The van der Waals surface area contributed by atoms with Gasteiger partial charge in [-0.15, -0.1) is 0 Å². The van der Waals surface area contributed by atoms with Gasteiger partial charge < -0.3 is 24.4 Å². The average molecular weight is 561 g/mol. The molecule has 8 heteroatoms. The lowest BCUT2D eigenvalue weighted by atomic mass is 10.0. The lowest BCUT2D eigenvalue weighted by molar-refractivity contribution is -0.137. The highest BCUT2D eigenvalue weighted by Gasteiger charge is 2.24. The van der Waals surface area contributed by atoms with Gasteiger partial charge in [-0.05, 0) is 81.0 Å². The molecule has 0 aliphatic heterocycles. The van der Waals surface area contributed by atoms with Gasteiger partial charge in [-0.1, -0.05) is 36.4 Å². The Hall–Kier alpha value is -4.33. The molecule has 0 saturated heterocycles. The number of aryl methyl sites for hydroxylation is 4. The summed E-state index contributed by atoms with van der Waals surface area (Å²) in [5, 5.41) is 9.15. The maximum absolute atomic E-state index is 13.9. The maximum Gasteiger partial charge on any atom is 0.303 e. The van der Waals surface area contributed by atoms with Crippen molar-refractivity contribution in [2.24, 2.45) is 0 Å². The first-order valence-electron chi connectivity index (χ1n) is 13.8. The summed E-state index contributed by atoms with van der Waals surface area (Å²) in [5.74, 6) is -0.211. The van der Waals surface area contributed by atoms with E-state index in [1.54, 1.807) is 35.1 Å². The highest BCUT2D eigenvalue weighted by atomic mass is 16.5. The summed E-state index contributed by atoms with van der Waals surface area (Å²) in [5.41, 5.74) is 5.89. The number of hydrogen-bond donors (Lipinski definition) is 1. The summed E-state index contributed by atoms with van der Waals surface area (Å²) < 4.78 is 10.8. The van der Waals surface area contributed by atoms with Gasteiger partial charge in [0.15, 0.2) is 11.5 Å². The van der Waals surface area contributed by atoms with Crippen LogP contribution in [0.2, 0.25) is 0 Å². The fourth-order valence-electron chi connectivity index (χ4n) is 5.18. The van der Waals surface area contributed by atoms with Crippen molar-refractivity contribution in [2.45, 2.75) is 53.4 Å². The summed E-state index contributed by atoms with van der Waals surface area (Å²) >= 11 is 0. The molecule has 0 fully saturated rings. The van der Waals surface area contributed by atoms with E-state index in [1.165, 1.54) is 7.11 Å². The Balaban J connectivity index is 1.88. The predicted molar refractivity (Wildman–Crippen MR) is 162 cm³/mol. The van der Waals surface area contributed by atoms with Crippen LogP contribution in [0.5, 0.6) is 11.5 Å². The van der Waals surface area contributed by atoms with Crippen LogP contribution in [-0.2, 0) is 9.59 Å². The van der Waals surface area contributed by atoms with Crippen molar-refractivity contribution in [3.63, 3.8) is 0 Å². The van der Waals surface area contributed by atoms with Crippen LogP contribution >= 0.6 is 0 Å². The molecule has 1 N–H and O–H groups in total. The molecule has 3 rings (SSSR count). The number of aliphatic carboxylic acids is 1. The number of carboxylic acid groups (broad SMARTS) is 1. The number of rotatable bonds is 13. The number of para-hydroxylation sites is 2. The Morgan fingerprint density at radius 2 is 1.17 bits per heavy atom. The van der Waals surface area contributed by atoms with E-state index in [9.17, 15) is 14.4 Å². The van der Waals surface area contributed by atoms with E-state index in [0.717, 1.165) is 33.6 Å². The first kappa shape index (κ1) is 31.2. The summed E-state index contributed by atoms with van der Waals surface area (Å²) in [7, 11) is 3.07. The molecule has 2 amide bonds. The molecule has 0 bridgehead atoms. The molecule has 0 heterocycles. The van der Waals surface area contributed by atoms with Crippen LogP contribution in [0.4, 0.5) is 11.4 Å². The van der Waals surface area contributed by atoms with Crippen LogP contribution in [0.3, 0.4) is 0 Å².